The zero-order chi connectivity index (χ0) is 28.1. The van der Waals surface area contributed by atoms with Gasteiger partial charge >= 0.3 is 0 Å². The van der Waals surface area contributed by atoms with E-state index in [4.69, 9.17) is 27.9 Å². The van der Waals surface area contributed by atoms with E-state index in [9.17, 15) is 9.59 Å². The van der Waals surface area contributed by atoms with Crippen molar-refractivity contribution < 1.29 is 9.53 Å². The molecule has 4 heterocycles. The number of carbonyl (C=O) groups is 1. The van der Waals surface area contributed by atoms with E-state index in [1.54, 1.807) is 22.8 Å². The lowest BCUT2D eigenvalue weighted by molar-refractivity contribution is -0.113. The van der Waals surface area contributed by atoms with Crippen LogP contribution in [0.2, 0.25) is 10.0 Å². The van der Waals surface area contributed by atoms with Crippen molar-refractivity contribution in [3.8, 4) is 5.69 Å². The van der Waals surface area contributed by atoms with Crippen LogP contribution in [0.3, 0.4) is 0 Å². The molecule has 0 aliphatic carbocycles. The first-order valence-electron chi connectivity index (χ1n) is 12.7. The molecule has 3 aromatic heterocycles. The summed E-state index contributed by atoms with van der Waals surface area (Å²) in [5, 5.41) is 13.7. The van der Waals surface area contributed by atoms with Gasteiger partial charge in [-0.2, -0.15) is 0 Å². The second-order valence-electron chi connectivity index (χ2n) is 10.0. The van der Waals surface area contributed by atoms with Gasteiger partial charge in [0.2, 0.25) is 11.7 Å². The maximum Gasteiger partial charge on any atom is 0.268 e. The summed E-state index contributed by atoms with van der Waals surface area (Å²) in [5.41, 5.74) is 3.11. The Morgan fingerprint density at radius 3 is 2.80 bits per heavy atom. The van der Waals surface area contributed by atoms with E-state index in [0.717, 1.165) is 20.8 Å². The molecule has 206 valence electrons. The molecule has 8 nitrogen and oxygen atoms in total. The van der Waals surface area contributed by atoms with Crippen LogP contribution >= 0.6 is 46.3 Å². The normalized spacial score (nSPS) is 15.2. The van der Waals surface area contributed by atoms with Crippen LogP contribution in [-0.4, -0.2) is 36.9 Å². The molecule has 0 radical (unpaired) electrons. The number of thiophene rings is 1. The third-order valence-electron chi connectivity index (χ3n) is 6.88. The molecule has 0 saturated heterocycles. The number of fused-ring (bicyclic) bond motifs is 5. The van der Waals surface area contributed by atoms with Gasteiger partial charge in [0.25, 0.3) is 5.56 Å². The first-order chi connectivity index (χ1) is 19.2. The number of carbonyl (C=O) groups excluding carboxylic acids is 1. The average molecular weight is 615 g/mol. The number of ether oxygens (including phenoxy) is 1. The lowest BCUT2D eigenvalue weighted by Crippen LogP contribution is -2.28. The van der Waals surface area contributed by atoms with Gasteiger partial charge in [0.15, 0.2) is 5.16 Å². The zero-order valence-electron chi connectivity index (χ0n) is 21.9. The van der Waals surface area contributed by atoms with Gasteiger partial charge in [0.05, 0.1) is 40.2 Å². The first kappa shape index (κ1) is 27.3. The molecular weight excluding hydrogens is 589 g/mol. The Morgan fingerprint density at radius 2 is 2.05 bits per heavy atom. The Bertz CT molecular complexity index is 1850. The van der Waals surface area contributed by atoms with Gasteiger partial charge in [-0.1, -0.05) is 60.9 Å². The van der Waals surface area contributed by atoms with Crippen LogP contribution in [0.5, 0.6) is 0 Å². The molecule has 1 atom stereocenters. The van der Waals surface area contributed by atoms with E-state index >= 15 is 0 Å². The molecule has 12 heteroatoms. The van der Waals surface area contributed by atoms with Crippen molar-refractivity contribution in [3.05, 3.63) is 78.9 Å². The molecule has 5 aromatic rings. The van der Waals surface area contributed by atoms with Gasteiger partial charge in [0, 0.05) is 16.3 Å². The Kier molecular flexibility index (Phi) is 7.39. The molecule has 0 fully saturated rings. The number of nitrogens with one attached hydrogen (secondary N) is 1. The molecule has 1 amide bonds. The third kappa shape index (κ3) is 4.92. The summed E-state index contributed by atoms with van der Waals surface area (Å²) in [6.45, 7) is 6.70. The Morgan fingerprint density at radius 1 is 1.23 bits per heavy atom. The number of thioether (sulfide) groups is 1. The number of hydrogen-bond acceptors (Lipinski definition) is 7. The van der Waals surface area contributed by atoms with Crippen LogP contribution in [0, 0.1) is 12.8 Å². The topological polar surface area (TPSA) is 90.5 Å². The van der Waals surface area contributed by atoms with Crippen LogP contribution in [0.15, 0.2) is 52.4 Å². The lowest BCUT2D eigenvalue weighted by Gasteiger charge is -2.26. The molecule has 0 bridgehead atoms. The molecule has 6 rings (SSSR count). The van der Waals surface area contributed by atoms with E-state index in [2.05, 4.69) is 29.4 Å². The summed E-state index contributed by atoms with van der Waals surface area (Å²) in [6, 6.07) is 12.6. The monoisotopic (exact) mass is 613 g/mol. The largest absolute Gasteiger partial charge is 0.372 e. The maximum atomic E-state index is 14.2. The Labute approximate surface area is 248 Å². The predicted octanol–water partition coefficient (Wildman–Crippen LogP) is 6.54. The van der Waals surface area contributed by atoms with Gasteiger partial charge in [0.1, 0.15) is 4.83 Å². The fourth-order valence-corrected chi connectivity index (χ4v) is 7.35. The van der Waals surface area contributed by atoms with Gasteiger partial charge in [-0.25, -0.2) is 8.97 Å². The highest BCUT2D eigenvalue weighted by Gasteiger charge is 2.30. The van der Waals surface area contributed by atoms with Crippen molar-refractivity contribution in [2.24, 2.45) is 5.92 Å². The van der Waals surface area contributed by atoms with E-state index in [1.807, 2.05) is 35.6 Å². The summed E-state index contributed by atoms with van der Waals surface area (Å²) in [6.07, 6.45) is 0.696. The highest BCUT2D eigenvalue weighted by atomic mass is 35.5. The summed E-state index contributed by atoms with van der Waals surface area (Å²) in [7, 11) is 0. The van der Waals surface area contributed by atoms with Crippen LogP contribution < -0.4 is 10.9 Å². The Balaban J connectivity index is 1.45. The summed E-state index contributed by atoms with van der Waals surface area (Å²) < 4.78 is 9.63. The molecule has 40 heavy (non-hydrogen) atoms. The van der Waals surface area contributed by atoms with Gasteiger partial charge in [-0.15, -0.1) is 21.5 Å². The van der Waals surface area contributed by atoms with Gasteiger partial charge < -0.3 is 10.1 Å². The minimum atomic E-state index is -0.257. The number of hydrogen-bond donors (Lipinski definition) is 1. The number of aromatic nitrogens is 4. The van der Waals surface area contributed by atoms with E-state index in [-0.39, 0.29) is 23.3 Å². The fourth-order valence-electron chi connectivity index (χ4n) is 4.87. The van der Waals surface area contributed by atoms with Crippen molar-refractivity contribution in [2.75, 3.05) is 11.1 Å². The number of aryl methyl sites for hydroxylation is 1. The number of halogens is 2. The molecule has 1 aliphatic rings. The second-order valence-corrected chi connectivity index (χ2v) is 12.9. The quantitative estimate of drug-likeness (QED) is 0.219. The van der Waals surface area contributed by atoms with Gasteiger partial charge in [-0.05, 0) is 54.3 Å². The third-order valence-corrected chi connectivity index (χ3v) is 9.55. The predicted molar refractivity (Wildman–Crippen MR) is 162 cm³/mol. The SMILES string of the molecule is Cc1cccc(-n2c(=O)c3c4c(sc3n3c(SCC(=O)Nc5ccc(Cl)cc5Cl)nnc23)COC(C(C)C)C4)c1. The average Bonchev–Trinajstić information content (AvgIpc) is 3.50. The Hall–Kier alpha value is -2.89. The summed E-state index contributed by atoms with van der Waals surface area (Å²) in [5.74, 6) is 0.521. The highest BCUT2D eigenvalue weighted by molar-refractivity contribution is 7.99. The molecule has 1 N–H and O–H groups in total. The number of nitrogens with zero attached hydrogens (tertiary/aromatic N) is 4. The smallest absolute Gasteiger partial charge is 0.268 e. The second kappa shape index (κ2) is 10.8. The molecule has 1 aliphatic heterocycles. The van der Waals surface area contributed by atoms with Crippen LogP contribution in [0.1, 0.15) is 29.9 Å². The number of amides is 1. The molecule has 2 aromatic carbocycles. The standard InChI is InChI=1S/C28H25Cl2N5O3S2/c1-14(2)21-11-18-22(12-38-21)40-26-24(18)25(37)34(17-6-4-5-15(3)9-17)27-32-33-28(35(26)27)39-13-23(36)31-20-8-7-16(29)10-19(20)30/h4-10,14,21H,11-13H2,1-3H3,(H,31,36). The lowest BCUT2D eigenvalue weighted by atomic mass is 9.96. The van der Waals surface area contributed by atoms with Crippen LogP contribution in [0.4, 0.5) is 5.69 Å². The summed E-state index contributed by atoms with van der Waals surface area (Å²) >= 11 is 15.0. The van der Waals surface area contributed by atoms with E-state index < -0.39 is 0 Å². The fraction of sp³-hybridized carbons (Fsp3) is 0.286. The number of rotatable bonds is 6. The van der Waals surface area contributed by atoms with E-state index in [0.29, 0.717) is 56.7 Å². The summed E-state index contributed by atoms with van der Waals surface area (Å²) in [4.78, 5) is 28.8. The first-order valence-corrected chi connectivity index (χ1v) is 15.3. The van der Waals surface area contributed by atoms with Crippen LogP contribution in [0.25, 0.3) is 21.7 Å². The van der Waals surface area contributed by atoms with Crippen molar-refractivity contribution >= 4 is 73.9 Å². The van der Waals surface area contributed by atoms with Crippen molar-refractivity contribution in [3.63, 3.8) is 0 Å². The van der Waals surface area contributed by atoms with Crippen molar-refractivity contribution in [1.82, 2.24) is 19.2 Å². The molecule has 1 unspecified atom stereocenters. The van der Waals surface area contributed by atoms with Crippen LogP contribution in [-0.2, 0) is 22.6 Å². The zero-order valence-corrected chi connectivity index (χ0v) is 25.0. The van der Waals surface area contributed by atoms with Crippen molar-refractivity contribution in [1.29, 1.82) is 0 Å². The van der Waals surface area contributed by atoms with E-state index in [1.165, 1.54) is 23.1 Å². The molecule has 0 saturated carbocycles. The molecule has 0 spiro atoms. The van der Waals surface area contributed by atoms with Gasteiger partial charge in [-0.3, -0.25) is 9.59 Å². The minimum absolute atomic E-state index is 0.0333. The van der Waals surface area contributed by atoms with Crippen molar-refractivity contribution in [2.45, 2.75) is 45.1 Å². The highest BCUT2D eigenvalue weighted by Crippen LogP contribution is 2.37. The number of benzene rings is 2. The molecular formula is C28H25Cl2N5O3S2. The minimum Gasteiger partial charge on any atom is -0.372 e. The number of anilines is 1. The maximum absolute atomic E-state index is 14.2.